The Kier molecular flexibility index (Phi) is 5.98. The van der Waals surface area contributed by atoms with Crippen molar-refractivity contribution in [1.82, 2.24) is 19.6 Å². The van der Waals surface area contributed by atoms with Crippen LogP contribution in [0.1, 0.15) is 29.6 Å². The van der Waals surface area contributed by atoms with Crippen LogP contribution in [0.3, 0.4) is 0 Å². The van der Waals surface area contributed by atoms with Crippen molar-refractivity contribution in [3.05, 3.63) is 51.9 Å². The fourth-order valence-corrected chi connectivity index (χ4v) is 4.71. The summed E-state index contributed by atoms with van der Waals surface area (Å²) in [5.41, 5.74) is 0.281. The number of hydrogen-bond acceptors (Lipinski definition) is 7. The Balaban J connectivity index is 1.86. The Morgan fingerprint density at radius 1 is 1.25 bits per heavy atom. The van der Waals surface area contributed by atoms with Crippen molar-refractivity contribution in [2.24, 2.45) is 0 Å². The van der Waals surface area contributed by atoms with E-state index in [1.54, 1.807) is 37.3 Å². The number of benzene rings is 1. The van der Waals surface area contributed by atoms with Crippen LogP contribution in [0.2, 0.25) is 5.02 Å². The van der Waals surface area contributed by atoms with Crippen molar-refractivity contribution in [2.45, 2.75) is 32.7 Å². The molecule has 186 valence electrons. The molecule has 1 aliphatic heterocycles. The van der Waals surface area contributed by atoms with E-state index >= 15 is 0 Å². The zero-order valence-electron chi connectivity index (χ0n) is 19.3. The summed E-state index contributed by atoms with van der Waals surface area (Å²) in [6, 6.07) is 8.41. The standard InChI is InChI=1S/C24H20ClF3N6O2/c1-3-36-15-9-33(10-15)23-20(17-7-14(11-35)31-19-6-13(25)4-5-16(17)19)12(2)30-22-18(8-29)21(24(26,27)28)32-34(22)23/h4-7,15,35H,3,9-11H2,1-2H3. The van der Waals surface area contributed by atoms with Gasteiger partial charge >= 0.3 is 6.18 Å². The molecule has 1 N–H and O–H groups in total. The number of aromatic nitrogens is 4. The lowest BCUT2D eigenvalue weighted by atomic mass is 9.97. The lowest BCUT2D eigenvalue weighted by Crippen LogP contribution is -2.53. The molecule has 0 atom stereocenters. The van der Waals surface area contributed by atoms with Gasteiger partial charge in [-0.2, -0.15) is 28.0 Å². The van der Waals surface area contributed by atoms with Gasteiger partial charge in [0.2, 0.25) is 0 Å². The monoisotopic (exact) mass is 516 g/mol. The number of ether oxygens (including phenoxy) is 1. The predicted molar refractivity (Wildman–Crippen MR) is 127 cm³/mol. The Bertz CT molecular complexity index is 1540. The first kappa shape index (κ1) is 24.2. The van der Waals surface area contributed by atoms with Gasteiger partial charge in [-0.25, -0.2) is 4.98 Å². The third-order valence-corrected chi connectivity index (χ3v) is 6.34. The highest BCUT2D eigenvalue weighted by atomic mass is 35.5. The van der Waals surface area contributed by atoms with Crippen LogP contribution in [0.15, 0.2) is 24.3 Å². The molecule has 0 aliphatic carbocycles. The van der Waals surface area contributed by atoms with E-state index in [0.29, 0.717) is 64.0 Å². The largest absolute Gasteiger partial charge is 0.436 e. The van der Waals surface area contributed by atoms with Crippen LogP contribution < -0.4 is 4.90 Å². The smallest absolute Gasteiger partial charge is 0.390 e. The second-order valence-electron chi connectivity index (χ2n) is 8.43. The minimum absolute atomic E-state index is 0.0968. The summed E-state index contributed by atoms with van der Waals surface area (Å²) < 4.78 is 48.1. The maximum absolute atomic E-state index is 13.8. The number of aliphatic hydroxyl groups is 1. The summed E-state index contributed by atoms with van der Waals surface area (Å²) in [5, 5.41) is 24.4. The van der Waals surface area contributed by atoms with Crippen molar-refractivity contribution in [3.8, 4) is 17.2 Å². The maximum Gasteiger partial charge on any atom is 0.436 e. The number of anilines is 1. The predicted octanol–water partition coefficient (Wildman–Crippen LogP) is 4.51. The van der Waals surface area contributed by atoms with Crippen molar-refractivity contribution in [3.63, 3.8) is 0 Å². The van der Waals surface area contributed by atoms with Crippen LogP contribution in [-0.4, -0.2) is 50.5 Å². The molecule has 5 rings (SSSR count). The van der Waals surface area contributed by atoms with E-state index in [9.17, 15) is 23.5 Å². The van der Waals surface area contributed by atoms with Crippen LogP contribution in [0.4, 0.5) is 19.0 Å². The Hall–Kier alpha value is -3.46. The average Bonchev–Trinajstić information content (AvgIpc) is 3.18. The first-order valence-corrected chi connectivity index (χ1v) is 11.5. The average molecular weight is 517 g/mol. The molecule has 3 aromatic heterocycles. The highest BCUT2D eigenvalue weighted by Gasteiger charge is 2.41. The van der Waals surface area contributed by atoms with Crippen LogP contribution in [0.25, 0.3) is 27.7 Å². The quantitative estimate of drug-likeness (QED) is 0.416. The van der Waals surface area contributed by atoms with Crippen molar-refractivity contribution < 1.29 is 23.0 Å². The molecule has 0 unspecified atom stereocenters. The number of nitrogens with zero attached hydrogens (tertiary/aromatic N) is 6. The van der Waals surface area contributed by atoms with Gasteiger partial charge in [-0.3, -0.25) is 4.98 Å². The molecule has 0 saturated carbocycles. The van der Waals surface area contributed by atoms with Gasteiger partial charge in [0, 0.05) is 35.7 Å². The molecule has 0 spiro atoms. The molecular weight excluding hydrogens is 497 g/mol. The molecule has 1 saturated heterocycles. The molecule has 1 fully saturated rings. The Labute approximate surface area is 208 Å². The SMILES string of the molecule is CCOC1CN(c2c(-c3cc(CO)nc4cc(Cl)ccc34)c(C)nc3c(C#N)c(C(F)(F)F)nn23)C1. The number of aryl methyl sites for hydroxylation is 1. The first-order chi connectivity index (χ1) is 17.2. The zero-order valence-corrected chi connectivity index (χ0v) is 20.0. The number of aliphatic hydroxyl groups excluding tert-OH is 1. The summed E-state index contributed by atoms with van der Waals surface area (Å²) in [4.78, 5) is 10.7. The molecule has 0 bridgehead atoms. The number of nitriles is 1. The topological polar surface area (TPSA) is 99.6 Å². The normalized spacial score (nSPS) is 14.4. The highest BCUT2D eigenvalue weighted by molar-refractivity contribution is 6.31. The molecule has 1 aliphatic rings. The molecule has 8 nitrogen and oxygen atoms in total. The zero-order chi connectivity index (χ0) is 25.8. The second-order valence-corrected chi connectivity index (χ2v) is 8.86. The molecular formula is C24H20ClF3N6O2. The minimum atomic E-state index is -4.84. The van der Waals surface area contributed by atoms with E-state index in [0.717, 1.165) is 4.52 Å². The lowest BCUT2D eigenvalue weighted by molar-refractivity contribution is -0.141. The van der Waals surface area contributed by atoms with Gasteiger partial charge in [0.15, 0.2) is 11.3 Å². The van der Waals surface area contributed by atoms with E-state index in [1.165, 1.54) is 0 Å². The maximum atomic E-state index is 13.8. The number of halogens is 4. The van der Waals surface area contributed by atoms with Gasteiger partial charge in [0.25, 0.3) is 0 Å². The molecule has 4 aromatic rings. The van der Waals surface area contributed by atoms with Crippen molar-refractivity contribution in [2.75, 3.05) is 24.6 Å². The summed E-state index contributed by atoms with van der Waals surface area (Å²) >= 11 is 6.17. The molecule has 1 aromatic carbocycles. The number of rotatable bonds is 5. The van der Waals surface area contributed by atoms with Gasteiger partial charge in [-0.15, -0.1) is 0 Å². The van der Waals surface area contributed by atoms with Crippen LogP contribution >= 0.6 is 11.6 Å². The van der Waals surface area contributed by atoms with Crippen molar-refractivity contribution in [1.29, 1.82) is 5.26 Å². The third-order valence-electron chi connectivity index (χ3n) is 6.11. The van der Waals surface area contributed by atoms with Crippen LogP contribution in [0, 0.1) is 18.3 Å². The number of alkyl halides is 3. The molecule has 12 heteroatoms. The van der Waals surface area contributed by atoms with Gasteiger partial charge in [0.1, 0.15) is 17.5 Å². The number of pyridine rings is 1. The highest BCUT2D eigenvalue weighted by Crippen LogP contribution is 2.42. The number of hydrogen-bond donors (Lipinski definition) is 1. The van der Waals surface area contributed by atoms with Gasteiger partial charge in [-0.05, 0) is 37.6 Å². The van der Waals surface area contributed by atoms with Crippen LogP contribution in [-0.2, 0) is 17.5 Å². The summed E-state index contributed by atoms with van der Waals surface area (Å²) in [7, 11) is 0. The van der Waals surface area contributed by atoms with E-state index in [-0.39, 0.29) is 18.4 Å². The third kappa shape index (κ3) is 3.91. The van der Waals surface area contributed by atoms with E-state index in [2.05, 4.69) is 15.1 Å². The van der Waals surface area contributed by atoms with E-state index in [1.807, 2.05) is 11.8 Å². The van der Waals surface area contributed by atoms with Crippen LogP contribution in [0.5, 0.6) is 0 Å². The molecule has 4 heterocycles. The Morgan fingerprint density at radius 3 is 2.64 bits per heavy atom. The first-order valence-electron chi connectivity index (χ1n) is 11.1. The minimum Gasteiger partial charge on any atom is -0.390 e. The van der Waals surface area contributed by atoms with Gasteiger partial charge in [0.05, 0.1) is 29.6 Å². The summed E-state index contributed by atoms with van der Waals surface area (Å²) in [6.45, 7) is 4.53. The molecule has 36 heavy (non-hydrogen) atoms. The fourth-order valence-electron chi connectivity index (χ4n) is 4.55. The van der Waals surface area contributed by atoms with E-state index in [4.69, 9.17) is 16.3 Å². The fraction of sp³-hybridized carbons (Fsp3) is 0.333. The van der Waals surface area contributed by atoms with E-state index < -0.39 is 17.4 Å². The number of fused-ring (bicyclic) bond motifs is 2. The van der Waals surface area contributed by atoms with Crippen molar-refractivity contribution >= 4 is 34.0 Å². The van der Waals surface area contributed by atoms with Gasteiger partial charge in [-0.1, -0.05) is 17.7 Å². The Morgan fingerprint density at radius 2 is 2.00 bits per heavy atom. The lowest BCUT2D eigenvalue weighted by Gasteiger charge is -2.41. The molecule has 0 amide bonds. The van der Waals surface area contributed by atoms with Gasteiger partial charge < -0.3 is 14.7 Å². The second kappa shape index (κ2) is 8.89. The summed E-state index contributed by atoms with van der Waals surface area (Å²) in [6.07, 6.45) is -4.93. The summed E-state index contributed by atoms with van der Waals surface area (Å²) in [5.74, 6) is 0.354. The molecule has 0 radical (unpaired) electrons.